The second kappa shape index (κ2) is 12.1. The molecular weight excluding hydrogens is 519 g/mol. The van der Waals surface area contributed by atoms with Gasteiger partial charge in [0.1, 0.15) is 11.5 Å². The summed E-state index contributed by atoms with van der Waals surface area (Å²) in [6.45, 7) is 7.75. The van der Waals surface area contributed by atoms with Gasteiger partial charge in [0.15, 0.2) is 0 Å². The van der Waals surface area contributed by atoms with Gasteiger partial charge in [0, 0.05) is 12.3 Å². The summed E-state index contributed by atoms with van der Waals surface area (Å²) in [6, 6.07) is 6.18. The number of ketones is 1. The number of carboxylic acids is 1. The van der Waals surface area contributed by atoms with Gasteiger partial charge in [-0.3, -0.25) is 4.79 Å². The fourth-order valence-electron chi connectivity index (χ4n) is 4.93. The highest BCUT2D eigenvalue weighted by molar-refractivity contribution is 6.36. The Hall–Kier alpha value is -4.48. The predicted molar refractivity (Wildman–Crippen MR) is 148 cm³/mol. The number of rotatable bonds is 12. The topological polar surface area (TPSA) is 126 Å². The molecule has 1 aromatic carbocycles. The van der Waals surface area contributed by atoms with Gasteiger partial charge in [-0.25, -0.2) is 18.1 Å². The molecule has 40 heavy (non-hydrogen) atoms. The standard InChI is InChI=1S/C28H30BF2N5O4/c1-5-16-14-32-27(19(16)6-2)24(40-29(30)31)13-23(37)26-21(8-4)20(7-3)25(33-26)22-15-36(35-34-22)18-11-9-17(10-12-18)28(38)39/h9-15,32-33H,5-8H2,1-4H3,(H,38,39)/b24-13-. The highest BCUT2D eigenvalue weighted by atomic mass is 19.2. The van der Waals surface area contributed by atoms with Crippen LogP contribution in [0, 0.1) is 0 Å². The quantitative estimate of drug-likeness (QED) is 0.0901. The largest absolute Gasteiger partial charge is 0.796 e. The summed E-state index contributed by atoms with van der Waals surface area (Å²) in [6.07, 6.45) is 6.93. The van der Waals surface area contributed by atoms with E-state index in [0.717, 1.165) is 28.3 Å². The molecule has 0 aliphatic carbocycles. The summed E-state index contributed by atoms with van der Waals surface area (Å²) in [4.78, 5) is 30.9. The van der Waals surface area contributed by atoms with Gasteiger partial charge < -0.3 is 19.7 Å². The summed E-state index contributed by atoms with van der Waals surface area (Å²) < 4.78 is 33.1. The number of carbonyl (C=O) groups excluding carboxylic acids is 1. The van der Waals surface area contributed by atoms with E-state index >= 15 is 0 Å². The molecule has 208 valence electrons. The van der Waals surface area contributed by atoms with E-state index in [-0.39, 0.29) is 17.0 Å². The van der Waals surface area contributed by atoms with Crippen molar-refractivity contribution in [3.63, 3.8) is 0 Å². The Morgan fingerprint density at radius 2 is 1.68 bits per heavy atom. The molecule has 0 atom stereocenters. The highest BCUT2D eigenvalue weighted by Crippen LogP contribution is 2.31. The van der Waals surface area contributed by atoms with E-state index in [1.165, 1.54) is 16.8 Å². The van der Waals surface area contributed by atoms with Crippen molar-refractivity contribution in [2.24, 2.45) is 0 Å². The molecule has 4 rings (SSSR count). The molecule has 3 heterocycles. The number of carbonyl (C=O) groups is 2. The number of halogens is 2. The van der Waals surface area contributed by atoms with Crippen LogP contribution in [0.15, 0.2) is 42.7 Å². The first-order valence-electron chi connectivity index (χ1n) is 13.1. The molecule has 0 fully saturated rings. The number of nitrogens with zero attached hydrogens (tertiary/aromatic N) is 3. The van der Waals surface area contributed by atoms with E-state index in [9.17, 15) is 18.2 Å². The zero-order valence-electron chi connectivity index (χ0n) is 22.7. The van der Waals surface area contributed by atoms with Crippen molar-refractivity contribution in [2.75, 3.05) is 0 Å². The molecule has 0 radical (unpaired) electrons. The Balaban J connectivity index is 1.75. The Bertz CT molecular complexity index is 1550. The molecule has 0 saturated carbocycles. The van der Waals surface area contributed by atoms with Crippen LogP contribution in [-0.4, -0.2) is 49.3 Å². The number of aryl methyl sites for hydroxylation is 1. The summed E-state index contributed by atoms with van der Waals surface area (Å²) in [5.74, 6) is -1.75. The van der Waals surface area contributed by atoms with Gasteiger partial charge in [0.05, 0.1) is 34.5 Å². The van der Waals surface area contributed by atoms with E-state index in [1.807, 2.05) is 27.7 Å². The second-order valence-electron chi connectivity index (χ2n) is 9.07. The number of hydrogen-bond acceptors (Lipinski definition) is 5. The van der Waals surface area contributed by atoms with Crippen molar-refractivity contribution >= 4 is 25.0 Å². The molecule has 3 N–H and O–H groups in total. The number of aromatic carboxylic acids is 1. The molecule has 0 amide bonds. The number of nitrogens with one attached hydrogen (secondary N) is 2. The number of aromatic amines is 2. The average Bonchev–Trinajstić information content (AvgIpc) is 3.68. The molecule has 0 aliphatic heterocycles. The van der Waals surface area contributed by atoms with E-state index in [1.54, 1.807) is 24.5 Å². The SMILES string of the molecule is CCc1c[nH]c(/C(=C/C(=O)c2[nH]c(-c3cn(-c4ccc(C(=O)O)cc4)nn3)c(CC)c2CC)OB(F)F)c1CC. The lowest BCUT2D eigenvalue weighted by Gasteiger charge is -2.10. The molecule has 0 bridgehead atoms. The van der Waals surface area contributed by atoms with Crippen molar-refractivity contribution in [2.45, 2.75) is 53.4 Å². The number of H-pyrrole nitrogens is 2. The Labute approximate surface area is 230 Å². The van der Waals surface area contributed by atoms with Gasteiger partial charge in [0.2, 0.25) is 5.78 Å². The third-order valence-electron chi connectivity index (χ3n) is 6.84. The van der Waals surface area contributed by atoms with Crippen molar-refractivity contribution in [1.29, 1.82) is 0 Å². The molecule has 4 aromatic rings. The second-order valence-corrected chi connectivity index (χ2v) is 9.07. The fraction of sp³-hybridized carbons (Fsp3) is 0.286. The van der Waals surface area contributed by atoms with Crippen molar-refractivity contribution < 1.29 is 28.0 Å². The van der Waals surface area contributed by atoms with Crippen LogP contribution < -0.4 is 0 Å². The van der Waals surface area contributed by atoms with E-state index in [4.69, 9.17) is 9.76 Å². The molecule has 12 heteroatoms. The Kier molecular flexibility index (Phi) is 8.66. The minimum atomic E-state index is -3.10. The molecule has 0 spiro atoms. The van der Waals surface area contributed by atoms with Gasteiger partial charge in [-0.1, -0.05) is 32.9 Å². The summed E-state index contributed by atoms with van der Waals surface area (Å²) in [5, 5.41) is 17.6. The van der Waals surface area contributed by atoms with E-state index < -0.39 is 19.2 Å². The first kappa shape index (κ1) is 28.5. The van der Waals surface area contributed by atoms with Gasteiger partial charge in [-0.2, -0.15) is 0 Å². The Morgan fingerprint density at radius 1 is 1.00 bits per heavy atom. The van der Waals surface area contributed by atoms with Gasteiger partial charge in [-0.15, -0.1) is 5.10 Å². The zero-order valence-corrected chi connectivity index (χ0v) is 22.7. The van der Waals surface area contributed by atoms with Crippen molar-refractivity contribution in [3.05, 3.63) is 81.9 Å². The number of allylic oxidation sites excluding steroid dienone is 1. The van der Waals surface area contributed by atoms with Gasteiger partial charge in [-0.05, 0) is 72.2 Å². The fourth-order valence-corrected chi connectivity index (χ4v) is 4.93. The van der Waals surface area contributed by atoms with Crippen LogP contribution in [0.5, 0.6) is 0 Å². The molecule has 0 unspecified atom stereocenters. The molecule has 9 nitrogen and oxygen atoms in total. The van der Waals surface area contributed by atoms with Crippen LogP contribution in [0.1, 0.15) is 76.5 Å². The van der Waals surface area contributed by atoms with E-state index in [2.05, 4.69) is 20.3 Å². The highest BCUT2D eigenvalue weighted by Gasteiger charge is 2.27. The lowest BCUT2D eigenvalue weighted by atomic mass is 10.00. The van der Waals surface area contributed by atoms with Crippen LogP contribution in [0.25, 0.3) is 22.8 Å². The monoisotopic (exact) mass is 549 g/mol. The Morgan fingerprint density at radius 3 is 2.25 bits per heavy atom. The van der Waals surface area contributed by atoms with Gasteiger partial charge >= 0.3 is 13.4 Å². The van der Waals surface area contributed by atoms with E-state index in [0.29, 0.717) is 48.5 Å². The normalized spacial score (nSPS) is 11.6. The third-order valence-corrected chi connectivity index (χ3v) is 6.84. The van der Waals surface area contributed by atoms with Gasteiger partial charge in [0.25, 0.3) is 0 Å². The smallest absolute Gasteiger partial charge is 0.503 e. The maximum atomic E-state index is 13.6. The lowest BCUT2D eigenvalue weighted by Crippen LogP contribution is -2.09. The maximum absolute atomic E-state index is 13.6. The van der Waals surface area contributed by atoms with Crippen LogP contribution in [0.2, 0.25) is 0 Å². The van der Waals surface area contributed by atoms with Crippen LogP contribution in [0.3, 0.4) is 0 Å². The number of hydrogen-bond donors (Lipinski definition) is 3. The molecule has 0 aliphatic rings. The first-order valence-corrected chi connectivity index (χ1v) is 13.1. The number of benzene rings is 1. The van der Waals surface area contributed by atoms with Crippen LogP contribution in [-0.2, 0) is 30.3 Å². The summed E-state index contributed by atoms with van der Waals surface area (Å²) >= 11 is 0. The predicted octanol–water partition coefficient (Wildman–Crippen LogP) is 5.70. The minimum Gasteiger partial charge on any atom is -0.503 e. The summed E-state index contributed by atoms with van der Waals surface area (Å²) in [7, 11) is -3.10. The third kappa shape index (κ3) is 5.61. The molecular formula is C28H30BF2N5O4. The van der Waals surface area contributed by atoms with Crippen LogP contribution in [0.4, 0.5) is 8.63 Å². The lowest BCUT2D eigenvalue weighted by molar-refractivity contribution is 0.0696. The average molecular weight is 549 g/mol. The molecule has 0 saturated heterocycles. The first-order chi connectivity index (χ1) is 19.2. The van der Waals surface area contributed by atoms with Crippen molar-refractivity contribution in [3.8, 4) is 17.1 Å². The van der Waals surface area contributed by atoms with Crippen LogP contribution >= 0.6 is 0 Å². The summed E-state index contributed by atoms with van der Waals surface area (Å²) in [5.41, 5.74) is 5.90. The number of carboxylic acid groups (broad SMARTS) is 1. The van der Waals surface area contributed by atoms with Crippen molar-refractivity contribution in [1.82, 2.24) is 25.0 Å². The molecule has 3 aromatic heterocycles. The maximum Gasteiger partial charge on any atom is 0.796 e. The zero-order chi connectivity index (χ0) is 29.0. The number of aromatic nitrogens is 5. The minimum absolute atomic E-state index is 0.150.